The van der Waals surface area contributed by atoms with E-state index in [1.807, 2.05) is 17.6 Å². The van der Waals surface area contributed by atoms with E-state index in [0.717, 1.165) is 24.4 Å². The molecule has 0 aliphatic rings. The second-order valence-corrected chi connectivity index (χ2v) is 5.58. The predicted molar refractivity (Wildman–Crippen MR) is 81.7 cm³/mol. The van der Waals surface area contributed by atoms with Crippen molar-refractivity contribution in [2.75, 3.05) is 13.2 Å². The van der Waals surface area contributed by atoms with Crippen molar-refractivity contribution in [1.29, 1.82) is 0 Å². The maximum absolute atomic E-state index is 11.4. The van der Waals surface area contributed by atoms with Gasteiger partial charge in [0.25, 0.3) is 0 Å². The van der Waals surface area contributed by atoms with E-state index in [1.54, 1.807) is 12.1 Å². The summed E-state index contributed by atoms with van der Waals surface area (Å²) in [6, 6.07) is 5.18. The lowest BCUT2D eigenvalue weighted by atomic mass is 10.1. The van der Waals surface area contributed by atoms with Gasteiger partial charge in [0.15, 0.2) is 0 Å². The molecule has 0 radical (unpaired) electrons. The van der Waals surface area contributed by atoms with E-state index < -0.39 is 5.97 Å². The molecule has 0 atom stereocenters. The minimum Gasteiger partial charge on any atom is -0.478 e. The summed E-state index contributed by atoms with van der Waals surface area (Å²) in [5.41, 5.74) is 1.68. The SMILES string of the molecule is Cc1nc2cccc(C(=O)O)c2n1CCOCCC(C)C. The lowest BCUT2D eigenvalue weighted by Crippen LogP contribution is -2.11. The summed E-state index contributed by atoms with van der Waals surface area (Å²) in [6.45, 7) is 8.12. The van der Waals surface area contributed by atoms with Gasteiger partial charge in [0.05, 0.1) is 23.2 Å². The van der Waals surface area contributed by atoms with Crippen LogP contribution in [0.25, 0.3) is 11.0 Å². The molecule has 21 heavy (non-hydrogen) atoms. The third-order valence-corrected chi connectivity index (χ3v) is 3.49. The lowest BCUT2D eigenvalue weighted by Gasteiger charge is -2.10. The van der Waals surface area contributed by atoms with Crippen LogP contribution in [0.15, 0.2) is 18.2 Å². The average Bonchev–Trinajstić information content (AvgIpc) is 2.73. The molecular weight excluding hydrogens is 268 g/mol. The Labute approximate surface area is 124 Å². The van der Waals surface area contributed by atoms with Crippen LogP contribution in [-0.4, -0.2) is 33.8 Å². The molecule has 2 aromatic rings. The first-order valence-corrected chi connectivity index (χ1v) is 7.27. The summed E-state index contributed by atoms with van der Waals surface area (Å²) in [7, 11) is 0. The Kier molecular flexibility index (Phi) is 4.96. The van der Waals surface area contributed by atoms with Gasteiger partial charge < -0.3 is 14.4 Å². The number of carboxylic acids is 1. The number of para-hydroxylation sites is 1. The van der Waals surface area contributed by atoms with Crippen molar-refractivity contribution in [3.63, 3.8) is 0 Å². The van der Waals surface area contributed by atoms with Crippen LogP contribution >= 0.6 is 0 Å². The lowest BCUT2D eigenvalue weighted by molar-refractivity contribution is 0.0698. The van der Waals surface area contributed by atoms with Crippen LogP contribution in [0.3, 0.4) is 0 Å². The summed E-state index contributed by atoms with van der Waals surface area (Å²) < 4.78 is 7.55. The molecule has 0 saturated heterocycles. The molecule has 5 heteroatoms. The van der Waals surface area contributed by atoms with Crippen molar-refractivity contribution in [2.45, 2.75) is 33.7 Å². The molecule has 1 aromatic carbocycles. The van der Waals surface area contributed by atoms with Crippen LogP contribution in [0.1, 0.15) is 36.5 Å². The number of aromatic carboxylic acids is 1. The first-order valence-electron chi connectivity index (χ1n) is 7.27. The van der Waals surface area contributed by atoms with E-state index in [1.165, 1.54) is 0 Å². The minimum atomic E-state index is -0.928. The van der Waals surface area contributed by atoms with Crippen molar-refractivity contribution in [1.82, 2.24) is 9.55 Å². The summed E-state index contributed by atoms with van der Waals surface area (Å²) in [6.07, 6.45) is 1.03. The summed E-state index contributed by atoms with van der Waals surface area (Å²) in [5.74, 6) is 0.507. The number of nitrogens with zero attached hydrogens (tertiary/aromatic N) is 2. The zero-order valence-electron chi connectivity index (χ0n) is 12.8. The third kappa shape index (κ3) is 3.61. The van der Waals surface area contributed by atoms with Crippen molar-refractivity contribution in [2.24, 2.45) is 5.92 Å². The number of rotatable bonds is 7. The van der Waals surface area contributed by atoms with Gasteiger partial charge in [-0.2, -0.15) is 0 Å². The van der Waals surface area contributed by atoms with Crippen molar-refractivity contribution < 1.29 is 14.6 Å². The molecule has 114 valence electrons. The van der Waals surface area contributed by atoms with E-state index in [9.17, 15) is 9.90 Å². The Morgan fingerprint density at radius 1 is 1.38 bits per heavy atom. The molecule has 0 unspecified atom stereocenters. The molecule has 0 aliphatic heterocycles. The summed E-state index contributed by atoms with van der Waals surface area (Å²) in [5, 5.41) is 9.31. The summed E-state index contributed by atoms with van der Waals surface area (Å²) in [4.78, 5) is 15.8. The van der Waals surface area contributed by atoms with Crippen LogP contribution in [0.5, 0.6) is 0 Å². The molecule has 0 bridgehead atoms. The zero-order valence-corrected chi connectivity index (χ0v) is 12.8. The van der Waals surface area contributed by atoms with Gasteiger partial charge in [-0.05, 0) is 31.4 Å². The predicted octanol–water partition coefficient (Wildman–Crippen LogP) is 3.11. The van der Waals surface area contributed by atoms with Gasteiger partial charge in [0.2, 0.25) is 0 Å². The highest BCUT2D eigenvalue weighted by molar-refractivity contribution is 6.01. The number of aromatic nitrogens is 2. The largest absolute Gasteiger partial charge is 0.478 e. The van der Waals surface area contributed by atoms with Crippen LogP contribution in [0.2, 0.25) is 0 Å². The zero-order chi connectivity index (χ0) is 15.4. The van der Waals surface area contributed by atoms with Crippen LogP contribution in [0.4, 0.5) is 0 Å². The number of hydrogen-bond donors (Lipinski definition) is 1. The number of fused-ring (bicyclic) bond motifs is 1. The Balaban J connectivity index is 2.15. The first kappa shape index (κ1) is 15.5. The molecular formula is C16H22N2O3. The van der Waals surface area contributed by atoms with E-state index >= 15 is 0 Å². The molecule has 0 amide bonds. The Morgan fingerprint density at radius 2 is 2.14 bits per heavy atom. The minimum absolute atomic E-state index is 0.287. The van der Waals surface area contributed by atoms with Crippen LogP contribution in [-0.2, 0) is 11.3 Å². The number of carbonyl (C=O) groups is 1. The van der Waals surface area contributed by atoms with Crippen LogP contribution < -0.4 is 0 Å². The highest BCUT2D eigenvalue weighted by Crippen LogP contribution is 2.20. The molecule has 0 aliphatic carbocycles. The Bertz CT molecular complexity index is 632. The topological polar surface area (TPSA) is 64.3 Å². The van der Waals surface area contributed by atoms with Gasteiger partial charge in [-0.15, -0.1) is 0 Å². The smallest absolute Gasteiger partial charge is 0.337 e. The van der Waals surface area contributed by atoms with Gasteiger partial charge >= 0.3 is 5.97 Å². The fourth-order valence-electron chi connectivity index (χ4n) is 2.32. The standard InChI is InChI=1S/C16H22N2O3/c1-11(2)7-9-21-10-8-18-12(3)17-14-6-4-5-13(15(14)18)16(19)20/h4-6,11H,7-10H2,1-3H3,(H,19,20). The second-order valence-electron chi connectivity index (χ2n) is 5.58. The number of ether oxygens (including phenoxy) is 1. The number of hydrogen-bond acceptors (Lipinski definition) is 3. The van der Waals surface area contributed by atoms with Gasteiger partial charge in [-0.25, -0.2) is 9.78 Å². The summed E-state index contributed by atoms with van der Waals surface area (Å²) >= 11 is 0. The highest BCUT2D eigenvalue weighted by atomic mass is 16.5. The van der Waals surface area contributed by atoms with Gasteiger partial charge in [-0.3, -0.25) is 0 Å². The van der Waals surface area contributed by atoms with E-state index in [-0.39, 0.29) is 5.56 Å². The van der Waals surface area contributed by atoms with Gasteiger partial charge in [-0.1, -0.05) is 19.9 Å². The fraction of sp³-hybridized carbons (Fsp3) is 0.500. The van der Waals surface area contributed by atoms with E-state index in [0.29, 0.717) is 24.6 Å². The molecule has 2 rings (SSSR count). The maximum atomic E-state index is 11.4. The Morgan fingerprint density at radius 3 is 2.81 bits per heavy atom. The molecule has 5 nitrogen and oxygen atoms in total. The first-order chi connectivity index (χ1) is 10.0. The van der Waals surface area contributed by atoms with Crippen molar-refractivity contribution >= 4 is 17.0 Å². The number of carboxylic acid groups (broad SMARTS) is 1. The normalized spacial score (nSPS) is 11.4. The second kappa shape index (κ2) is 6.72. The Hall–Kier alpha value is -1.88. The van der Waals surface area contributed by atoms with Crippen molar-refractivity contribution in [3.8, 4) is 0 Å². The number of benzene rings is 1. The van der Waals surface area contributed by atoms with Crippen molar-refractivity contribution in [3.05, 3.63) is 29.6 Å². The quantitative estimate of drug-likeness (QED) is 0.796. The molecule has 1 N–H and O–H groups in total. The monoisotopic (exact) mass is 290 g/mol. The maximum Gasteiger partial charge on any atom is 0.337 e. The molecule has 0 saturated carbocycles. The van der Waals surface area contributed by atoms with Gasteiger partial charge in [0.1, 0.15) is 5.82 Å². The van der Waals surface area contributed by atoms with E-state index in [2.05, 4.69) is 18.8 Å². The third-order valence-electron chi connectivity index (χ3n) is 3.49. The fourth-order valence-corrected chi connectivity index (χ4v) is 2.32. The van der Waals surface area contributed by atoms with E-state index in [4.69, 9.17) is 4.74 Å². The van der Waals surface area contributed by atoms with Gasteiger partial charge in [0, 0.05) is 13.2 Å². The molecule has 1 heterocycles. The molecule has 0 fully saturated rings. The molecule has 1 aromatic heterocycles. The van der Waals surface area contributed by atoms with Crippen LogP contribution in [0, 0.1) is 12.8 Å². The highest BCUT2D eigenvalue weighted by Gasteiger charge is 2.15. The molecule has 0 spiro atoms. The average molecular weight is 290 g/mol. The number of aryl methyl sites for hydroxylation is 1. The number of imidazole rings is 1.